The molecular weight excluding hydrogens is 258 g/mol. The fourth-order valence-electron chi connectivity index (χ4n) is 2.69. The van der Waals surface area contributed by atoms with Gasteiger partial charge in [0.05, 0.1) is 12.6 Å². The summed E-state index contributed by atoms with van der Waals surface area (Å²) in [7, 11) is 2.10. The number of hydrogen-bond acceptors (Lipinski definition) is 1. The molecule has 0 saturated carbocycles. The van der Waals surface area contributed by atoms with Crippen LogP contribution in [0.1, 0.15) is 11.1 Å². The van der Waals surface area contributed by atoms with E-state index < -0.39 is 0 Å². The van der Waals surface area contributed by atoms with Gasteiger partial charge in [-0.15, -0.1) is 0 Å². The Morgan fingerprint density at radius 1 is 1.00 bits per heavy atom. The minimum absolute atomic E-state index is 0.437. The second kappa shape index (κ2) is 6.44. The first-order valence-electron chi connectivity index (χ1n) is 7.41. The van der Waals surface area contributed by atoms with E-state index in [4.69, 9.17) is 4.99 Å². The molecule has 1 fully saturated rings. The van der Waals surface area contributed by atoms with Crippen LogP contribution in [0.3, 0.4) is 0 Å². The number of hydrogen-bond donors (Lipinski definition) is 1. The van der Waals surface area contributed by atoms with Crippen LogP contribution in [0.15, 0.2) is 65.7 Å². The largest absolute Gasteiger partial charge is 0.351 e. The van der Waals surface area contributed by atoms with Gasteiger partial charge in [-0.25, -0.2) is 4.99 Å². The molecule has 0 bridgehead atoms. The maximum absolute atomic E-state index is 4.70. The van der Waals surface area contributed by atoms with Crippen molar-refractivity contribution in [3.8, 4) is 0 Å². The lowest BCUT2D eigenvalue weighted by Gasteiger charge is -2.09. The van der Waals surface area contributed by atoms with Gasteiger partial charge in [0.25, 0.3) is 0 Å². The minimum Gasteiger partial charge on any atom is -0.351 e. The van der Waals surface area contributed by atoms with Gasteiger partial charge < -0.3 is 10.2 Å². The summed E-state index contributed by atoms with van der Waals surface area (Å²) >= 11 is 0. The number of benzene rings is 2. The van der Waals surface area contributed by atoms with Crippen molar-refractivity contribution in [1.29, 1.82) is 0 Å². The van der Waals surface area contributed by atoms with Gasteiger partial charge in [0.2, 0.25) is 0 Å². The zero-order valence-electron chi connectivity index (χ0n) is 12.4. The molecule has 0 aromatic heterocycles. The Balaban J connectivity index is 1.61. The molecule has 1 aliphatic rings. The van der Waals surface area contributed by atoms with Gasteiger partial charge in [0.15, 0.2) is 5.96 Å². The summed E-state index contributed by atoms with van der Waals surface area (Å²) < 4.78 is 0. The molecule has 2 aromatic rings. The van der Waals surface area contributed by atoms with Crippen molar-refractivity contribution < 1.29 is 0 Å². The van der Waals surface area contributed by atoms with Crippen molar-refractivity contribution in [2.24, 2.45) is 4.99 Å². The highest BCUT2D eigenvalue weighted by Gasteiger charge is 2.23. The Hall–Kier alpha value is -2.29. The van der Waals surface area contributed by atoms with Crippen LogP contribution in [0.4, 0.5) is 0 Å². The van der Waals surface area contributed by atoms with Crippen molar-refractivity contribution in [2.75, 3.05) is 13.6 Å². The molecule has 1 saturated heterocycles. The summed E-state index contributed by atoms with van der Waals surface area (Å²) in [6.07, 6.45) is 1.04. The number of nitrogens with one attached hydrogen (secondary N) is 1. The van der Waals surface area contributed by atoms with E-state index in [1.165, 1.54) is 11.1 Å². The fourth-order valence-corrected chi connectivity index (χ4v) is 2.69. The number of guanidine groups is 1. The first kappa shape index (κ1) is 13.7. The molecule has 3 heteroatoms. The molecule has 1 aliphatic heterocycles. The molecule has 1 unspecified atom stereocenters. The van der Waals surface area contributed by atoms with Crippen molar-refractivity contribution in [3.63, 3.8) is 0 Å². The summed E-state index contributed by atoms with van der Waals surface area (Å²) in [5.41, 5.74) is 2.61. The molecular formula is C18H21N3. The van der Waals surface area contributed by atoms with Crippen molar-refractivity contribution in [1.82, 2.24) is 10.2 Å². The van der Waals surface area contributed by atoms with Crippen molar-refractivity contribution >= 4 is 5.96 Å². The second-order valence-corrected chi connectivity index (χ2v) is 5.54. The average Bonchev–Trinajstić information content (AvgIpc) is 2.87. The Labute approximate surface area is 126 Å². The molecule has 0 aliphatic carbocycles. The number of likely N-dealkylation sites (N-methyl/N-ethyl adjacent to an activating group) is 1. The Kier molecular flexibility index (Phi) is 4.20. The molecule has 0 amide bonds. The lowest BCUT2D eigenvalue weighted by Crippen LogP contribution is -2.30. The molecule has 3 nitrogen and oxygen atoms in total. The molecule has 1 heterocycles. The molecule has 0 spiro atoms. The highest BCUT2D eigenvalue weighted by molar-refractivity contribution is 5.82. The van der Waals surface area contributed by atoms with E-state index in [-0.39, 0.29) is 0 Å². The van der Waals surface area contributed by atoms with E-state index in [1.807, 2.05) is 6.07 Å². The third-order valence-corrected chi connectivity index (χ3v) is 3.77. The summed E-state index contributed by atoms with van der Waals surface area (Å²) in [6, 6.07) is 21.4. The summed E-state index contributed by atoms with van der Waals surface area (Å²) in [6.45, 7) is 1.73. The van der Waals surface area contributed by atoms with E-state index in [9.17, 15) is 0 Å². The van der Waals surface area contributed by atoms with Gasteiger partial charge in [-0.2, -0.15) is 0 Å². The van der Waals surface area contributed by atoms with Gasteiger partial charge >= 0.3 is 0 Å². The number of aliphatic imine (C=N–C) groups is 1. The van der Waals surface area contributed by atoms with Gasteiger partial charge in [-0.3, -0.25) is 0 Å². The molecule has 3 rings (SSSR count). The second-order valence-electron chi connectivity index (χ2n) is 5.54. The summed E-state index contributed by atoms with van der Waals surface area (Å²) in [5.74, 6) is 1.000. The lowest BCUT2D eigenvalue weighted by molar-refractivity contribution is 0.502. The quantitative estimate of drug-likeness (QED) is 0.932. The van der Waals surface area contributed by atoms with Crippen LogP contribution in [0.2, 0.25) is 0 Å². The average molecular weight is 279 g/mol. The van der Waals surface area contributed by atoms with Gasteiger partial charge in [-0.05, 0) is 17.5 Å². The number of rotatable bonds is 4. The third kappa shape index (κ3) is 3.63. The van der Waals surface area contributed by atoms with E-state index in [0.717, 1.165) is 25.5 Å². The monoisotopic (exact) mass is 279 g/mol. The zero-order valence-corrected chi connectivity index (χ0v) is 12.4. The minimum atomic E-state index is 0.437. The standard InChI is InChI=1S/C18H21N3/c1-21-14-17(12-15-8-4-2-5-9-15)20-18(21)19-13-16-10-6-3-7-11-16/h2-11,17H,12-14H2,1H3,(H,19,20). The summed E-state index contributed by atoms with van der Waals surface area (Å²) in [4.78, 5) is 6.90. The first-order chi connectivity index (χ1) is 10.3. The maximum atomic E-state index is 4.70. The number of nitrogens with zero attached hydrogens (tertiary/aromatic N) is 2. The molecule has 1 N–H and O–H groups in total. The fraction of sp³-hybridized carbons (Fsp3) is 0.278. The van der Waals surface area contributed by atoms with Crippen molar-refractivity contribution in [3.05, 3.63) is 71.8 Å². The normalized spacial score (nSPS) is 19.8. The maximum Gasteiger partial charge on any atom is 0.194 e. The van der Waals surface area contributed by atoms with E-state index in [2.05, 4.69) is 71.9 Å². The summed E-state index contributed by atoms with van der Waals surface area (Å²) in [5, 5.41) is 3.54. The lowest BCUT2D eigenvalue weighted by atomic mass is 10.1. The third-order valence-electron chi connectivity index (χ3n) is 3.77. The molecule has 21 heavy (non-hydrogen) atoms. The highest BCUT2D eigenvalue weighted by Crippen LogP contribution is 2.10. The van der Waals surface area contributed by atoms with Crippen LogP contribution in [-0.2, 0) is 13.0 Å². The Morgan fingerprint density at radius 2 is 1.62 bits per heavy atom. The molecule has 108 valence electrons. The Morgan fingerprint density at radius 3 is 2.29 bits per heavy atom. The predicted octanol–water partition coefficient (Wildman–Crippen LogP) is 2.69. The van der Waals surface area contributed by atoms with Crippen LogP contribution >= 0.6 is 0 Å². The van der Waals surface area contributed by atoms with Gasteiger partial charge in [0.1, 0.15) is 0 Å². The topological polar surface area (TPSA) is 27.6 Å². The van der Waals surface area contributed by atoms with E-state index in [1.54, 1.807) is 0 Å². The van der Waals surface area contributed by atoms with Crippen LogP contribution in [0, 0.1) is 0 Å². The van der Waals surface area contributed by atoms with Gasteiger partial charge in [0, 0.05) is 13.6 Å². The zero-order chi connectivity index (χ0) is 14.5. The Bertz CT molecular complexity index is 592. The van der Waals surface area contributed by atoms with Gasteiger partial charge in [-0.1, -0.05) is 60.7 Å². The predicted molar refractivity (Wildman–Crippen MR) is 87.3 cm³/mol. The van der Waals surface area contributed by atoms with Crippen LogP contribution in [0.25, 0.3) is 0 Å². The molecule has 1 atom stereocenters. The SMILES string of the molecule is CN1CC(Cc2ccccc2)NC1=NCc1ccccc1. The smallest absolute Gasteiger partial charge is 0.194 e. The molecule has 2 aromatic carbocycles. The highest BCUT2D eigenvalue weighted by atomic mass is 15.3. The van der Waals surface area contributed by atoms with E-state index >= 15 is 0 Å². The van der Waals surface area contributed by atoms with Crippen LogP contribution in [0.5, 0.6) is 0 Å². The van der Waals surface area contributed by atoms with E-state index in [0.29, 0.717) is 6.04 Å². The molecule has 0 radical (unpaired) electrons. The van der Waals surface area contributed by atoms with Crippen LogP contribution < -0.4 is 5.32 Å². The first-order valence-corrected chi connectivity index (χ1v) is 7.41. The van der Waals surface area contributed by atoms with Crippen molar-refractivity contribution in [2.45, 2.75) is 19.0 Å². The van der Waals surface area contributed by atoms with Crippen LogP contribution in [-0.4, -0.2) is 30.5 Å².